The Hall–Kier alpha value is -1.05. The molecule has 1 unspecified atom stereocenters. The van der Waals surface area contributed by atoms with Crippen molar-refractivity contribution in [2.75, 3.05) is 30.8 Å². The Labute approximate surface area is 135 Å². The van der Waals surface area contributed by atoms with Crippen LogP contribution in [0.25, 0.3) is 0 Å². The first-order chi connectivity index (χ1) is 10.7. The summed E-state index contributed by atoms with van der Waals surface area (Å²) >= 11 is 1.68. The Morgan fingerprint density at radius 1 is 1.50 bits per heavy atom. The van der Waals surface area contributed by atoms with E-state index in [1.807, 2.05) is 6.07 Å². The molecule has 22 heavy (non-hydrogen) atoms. The molecule has 2 heterocycles. The smallest absolute Gasteiger partial charge is 0.351 e. The summed E-state index contributed by atoms with van der Waals surface area (Å²) in [6.45, 7) is 6.35. The maximum atomic E-state index is 12.1. The summed E-state index contributed by atoms with van der Waals surface area (Å²) < 4.78 is 13.0. The molecule has 0 bridgehead atoms. The number of hydrogen-bond donors (Lipinski definition) is 1. The molecule has 6 nitrogen and oxygen atoms in total. The number of nitrogens with one attached hydrogen (secondary N) is 1. The van der Waals surface area contributed by atoms with Gasteiger partial charge in [0.15, 0.2) is 0 Å². The molecule has 0 amide bonds. The summed E-state index contributed by atoms with van der Waals surface area (Å²) in [5.41, 5.74) is -0.286. The Kier molecular flexibility index (Phi) is 7.21. The van der Waals surface area contributed by atoms with Crippen LogP contribution < -0.4 is 11.0 Å². The van der Waals surface area contributed by atoms with Crippen molar-refractivity contribution in [1.82, 2.24) is 9.55 Å². The van der Waals surface area contributed by atoms with E-state index in [0.717, 1.165) is 38.2 Å². The lowest BCUT2D eigenvalue weighted by Gasteiger charge is -2.15. The first-order valence-electron chi connectivity index (χ1n) is 7.92. The van der Waals surface area contributed by atoms with Gasteiger partial charge in [-0.3, -0.25) is 4.57 Å². The van der Waals surface area contributed by atoms with Gasteiger partial charge in [0.05, 0.1) is 6.61 Å². The average molecular weight is 327 g/mol. The Balaban J connectivity index is 1.86. The number of rotatable bonds is 9. The molecule has 0 aliphatic carbocycles. The van der Waals surface area contributed by atoms with Gasteiger partial charge in [0.2, 0.25) is 0 Å². The number of ether oxygens (including phenoxy) is 2. The third-order valence-electron chi connectivity index (χ3n) is 3.33. The fourth-order valence-corrected chi connectivity index (χ4v) is 3.10. The van der Waals surface area contributed by atoms with Gasteiger partial charge >= 0.3 is 5.69 Å². The van der Waals surface area contributed by atoms with E-state index in [1.165, 1.54) is 0 Å². The van der Waals surface area contributed by atoms with Crippen molar-refractivity contribution in [1.29, 1.82) is 0 Å². The van der Waals surface area contributed by atoms with E-state index in [4.69, 9.17) is 9.47 Å². The van der Waals surface area contributed by atoms with Crippen LogP contribution in [0, 0.1) is 0 Å². The lowest BCUT2D eigenvalue weighted by molar-refractivity contribution is -0.0250. The van der Waals surface area contributed by atoms with E-state index in [-0.39, 0.29) is 17.4 Å². The summed E-state index contributed by atoms with van der Waals surface area (Å²) in [6, 6.07) is 1.82. The first kappa shape index (κ1) is 17.3. The first-order valence-corrected chi connectivity index (χ1v) is 8.97. The molecule has 1 aromatic rings. The minimum Gasteiger partial charge on any atom is -0.378 e. The van der Waals surface area contributed by atoms with Crippen LogP contribution in [0.15, 0.2) is 17.1 Å². The van der Waals surface area contributed by atoms with Gasteiger partial charge in [-0.05, 0) is 18.9 Å². The predicted octanol–water partition coefficient (Wildman–Crippen LogP) is 2.47. The van der Waals surface area contributed by atoms with Crippen LogP contribution in [-0.2, 0) is 9.47 Å². The van der Waals surface area contributed by atoms with Gasteiger partial charge in [-0.1, -0.05) is 20.3 Å². The predicted molar refractivity (Wildman–Crippen MR) is 89.4 cm³/mol. The van der Waals surface area contributed by atoms with Gasteiger partial charge in [0, 0.05) is 25.1 Å². The fraction of sp³-hybridized carbons (Fsp3) is 0.733. The molecule has 1 aliphatic rings. The third-order valence-corrected chi connectivity index (χ3v) is 4.42. The standard InChI is InChI=1S/C15H25N3O3S/c1-3-5-9-20-10-14-21-13(11-22-14)18-8-6-12(16-7-4-2)17-15(18)19/h6,8,13-14H,3-5,7,9-11H2,1-2H3,(H,16,17,19)/t13-,14?/m0/s1. The summed E-state index contributed by atoms with van der Waals surface area (Å²) in [5.74, 6) is 1.36. The van der Waals surface area contributed by atoms with Crippen LogP contribution in [0.4, 0.5) is 5.82 Å². The largest absolute Gasteiger partial charge is 0.378 e. The quantitative estimate of drug-likeness (QED) is 0.703. The van der Waals surface area contributed by atoms with Gasteiger partial charge in [-0.2, -0.15) is 4.98 Å². The monoisotopic (exact) mass is 327 g/mol. The Morgan fingerprint density at radius 2 is 2.36 bits per heavy atom. The molecule has 0 radical (unpaired) electrons. The van der Waals surface area contributed by atoms with Crippen LogP contribution in [0.2, 0.25) is 0 Å². The topological polar surface area (TPSA) is 65.4 Å². The van der Waals surface area contributed by atoms with E-state index < -0.39 is 0 Å². The molecule has 1 N–H and O–H groups in total. The molecule has 124 valence electrons. The summed E-state index contributed by atoms with van der Waals surface area (Å²) in [6.07, 6.45) is 4.67. The van der Waals surface area contributed by atoms with Crippen molar-refractivity contribution < 1.29 is 9.47 Å². The highest BCUT2D eigenvalue weighted by Crippen LogP contribution is 2.31. The maximum absolute atomic E-state index is 12.1. The Bertz CT molecular complexity index is 509. The van der Waals surface area contributed by atoms with Crippen LogP contribution in [0.3, 0.4) is 0 Å². The molecule has 2 rings (SSSR count). The van der Waals surface area contributed by atoms with Crippen molar-refractivity contribution in [3.05, 3.63) is 22.7 Å². The summed E-state index contributed by atoms with van der Waals surface area (Å²) in [5, 5.41) is 3.11. The highest BCUT2D eigenvalue weighted by molar-refractivity contribution is 8.00. The third kappa shape index (κ3) is 5.00. The van der Waals surface area contributed by atoms with Crippen molar-refractivity contribution in [2.45, 2.75) is 44.8 Å². The second-order valence-electron chi connectivity index (χ2n) is 5.21. The zero-order chi connectivity index (χ0) is 15.8. The number of nitrogens with zero attached hydrogens (tertiary/aromatic N) is 2. The molecular formula is C15H25N3O3S. The van der Waals surface area contributed by atoms with E-state index >= 15 is 0 Å². The van der Waals surface area contributed by atoms with Gasteiger partial charge in [-0.15, -0.1) is 11.8 Å². The van der Waals surface area contributed by atoms with Crippen molar-refractivity contribution in [2.24, 2.45) is 0 Å². The highest BCUT2D eigenvalue weighted by Gasteiger charge is 2.28. The normalized spacial score (nSPS) is 21.2. The number of aromatic nitrogens is 2. The minimum absolute atomic E-state index is 0.00773. The second-order valence-corrected chi connectivity index (χ2v) is 6.40. The molecule has 0 aromatic carbocycles. The molecule has 1 fully saturated rings. The van der Waals surface area contributed by atoms with Crippen molar-refractivity contribution in [3.63, 3.8) is 0 Å². The Morgan fingerprint density at radius 3 is 3.09 bits per heavy atom. The molecule has 1 saturated heterocycles. The molecule has 1 aromatic heterocycles. The van der Waals surface area contributed by atoms with Gasteiger partial charge in [0.25, 0.3) is 0 Å². The highest BCUT2D eigenvalue weighted by atomic mass is 32.2. The van der Waals surface area contributed by atoms with Crippen LogP contribution in [-0.4, -0.2) is 40.5 Å². The van der Waals surface area contributed by atoms with E-state index in [1.54, 1.807) is 22.5 Å². The maximum Gasteiger partial charge on any atom is 0.351 e. The van der Waals surface area contributed by atoms with Crippen LogP contribution in [0.5, 0.6) is 0 Å². The van der Waals surface area contributed by atoms with E-state index in [0.29, 0.717) is 12.4 Å². The van der Waals surface area contributed by atoms with Crippen molar-refractivity contribution >= 4 is 17.6 Å². The number of anilines is 1. The fourth-order valence-electron chi connectivity index (χ4n) is 2.09. The van der Waals surface area contributed by atoms with Crippen molar-refractivity contribution in [3.8, 4) is 0 Å². The lowest BCUT2D eigenvalue weighted by Crippen LogP contribution is -2.29. The zero-order valence-corrected chi connectivity index (χ0v) is 14.1. The molecule has 0 saturated carbocycles. The summed E-state index contributed by atoms with van der Waals surface area (Å²) in [7, 11) is 0. The van der Waals surface area contributed by atoms with E-state index in [2.05, 4.69) is 24.1 Å². The number of thioether (sulfide) groups is 1. The molecular weight excluding hydrogens is 302 g/mol. The lowest BCUT2D eigenvalue weighted by atomic mass is 10.4. The van der Waals surface area contributed by atoms with Crippen LogP contribution in [0.1, 0.15) is 39.3 Å². The molecule has 1 aliphatic heterocycles. The second kappa shape index (κ2) is 9.17. The molecule has 2 atom stereocenters. The van der Waals surface area contributed by atoms with E-state index in [9.17, 15) is 4.79 Å². The number of unbranched alkanes of at least 4 members (excludes halogenated alkanes) is 1. The van der Waals surface area contributed by atoms with Crippen LogP contribution >= 0.6 is 11.8 Å². The summed E-state index contributed by atoms with van der Waals surface area (Å²) in [4.78, 5) is 16.1. The number of hydrogen-bond acceptors (Lipinski definition) is 6. The van der Waals surface area contributed by atoms with Gasteiger partial charge < -0.3 is 14.8 Å². The van der Waals surface area contributed by atoms with Gasteiger partial charge in [-0.25, -0.2) is 4.79 Å². The SMILES string of the molecule is CCCCOCC1O[C@H](n2ccc(NCCC)nc2=O)CS1. The minimum atomic E-state index is -0.278. The zero-order valence-electron chi connectivity index (χ0n) is 13.3. The van der Waals surface area contributed by atoms with Gasteiger partial charge in [0.1, 0.15) is 17.5 Å². The molecule has 0 spiro atoms. The average Bonchev–Trinajstić information content (AvgIpc) is 2.98. The molecule has 7 heteroatoms.